The van der Waals surface area contributed by atoms with Crippen molar-refractivity contribution >= 4 is 34.9 Å². The van der Waals surface area contributed by atoms with E-state index in [2.05, 4.69) is 10.6 Å². The Morgan fingerprint density at radius 3 is 2.62 bits per heavy atom. The normalized spacial score (nSPS) is 9.95. The van der Waals surface area contributed by atoms with E-state index in [-0.39, 0.29) is 16.8 Å². The van der Waals surface area contributed by atoms with E-state index in [4.69, 9.17) is 21.7 Å². The highest BCUT2D eigenvalue weighted by atomic mass is 32.1. The molecule has 0 unspecified atom stereocenters. The summed E-state index contributed by atoms with van der Waals surface area (Å²) >= 11 is 4.97. The monoisotopic (exact) mass is 304 g/mol. The Hall–Kier alpha value is -2.67. The van der Waals surface area contributed by atoms with Gasteiger partial charge < -0.3 is 20.2 Å². The third-order valence-corrected chi connectivity index (χ3v) is 2.72. The van der Waals surface area contributed by atoms with Crippen LogP contribution >= 0.6 is 12.2 Å². The first-order valence-corrected chi connectivity index (χ1v) is 6.38. The standard InChI is InChI=1S/C14H12N2O4S/c1-8(17)15-14(21)16-10-4-2-3-9(7-10)11-5-6-12(20-11)13(18)19/h2-7H,1H3,(H,18,19)(H2,15,16,17,21). The Kier molecular flexibility index (Phi) is 4.34. The van der Waals surface area contributed by atoms with Crippen molar-refractivity contribution in [2.75, 3.05) is 5.32 Å². The number of benzene rings is 1. The van der Waals surface area contributed by atoms with E-state index in [0.29, 0.717) is 17.0 Å². The number of carbonyl (C=O) groups excluding carboxylic acids is 1. The third kappa shape index (κ3) is 3.90. The van der Waals surface area contributed by atoms with Crippen LogP contribution in [0.4, 0.5) is 5.69 Å². The van der Waals surface area contributed by atoms with Gasteiger partial charge in [0.25, 0.3) is 0 Å². The zero-order valence-electron chi connectivity index (χ0n) is 11.0. The molecule has 1 heterocycles. The molecule has 0 radical (unpaired) electrons. The Bertz CT molecular complexity index is 709. The maximum Gasteiger partial charge on any atom is 0.371 e. The van der Waals surface area contributed by atoms with Crippen LogP contribution in [0.5, 0.6) is 0 Å². The average molecular weight is 304 g/mol. The number of carboxylic acids is 1. The lowest BCUT2D eigenvalue weighted by molar-refractivity contribution is -0.117. The number of aromatic carboxylic acids is 1. The van der Waals surface area contributed by atoms with Gasteiger partial charge in [-0.1, -0.05) is 12.1 Å². The summed E-state index contributed by atoms with van der Waals surface area (Å²) in [6.45, 7) is 1.36. The van der Waals surface area contributed by atoms with Crippen molar-refractivity contribution in [1.29, 1.82) is 0 Å². The van der Waals surface area contributed by atoms with E-state index in [9.17, 15) is 9.59 Å². The van der Waals surface area contributed by atoms with Crippen molar-refractivity contribution in [2.45, 2.75) is 6.92 Å². The van der Waals surface area contributed by atoms with Crippen LogP contribution in [0.15, 0.2) is 40.8 Å². The Balaban J connectivity index is 2.18. The smallest absolute Gasteiger partial charge is 0.371 e. The molecule has 7 heteroatoms. The Labute approximate surface area is 125 Å². The van der Waals surface area contributed by atoms with Crippen molar-refractivity contribution in [1.82, 2.24) is 5.32 Å². The second kappa shape index (κ2) is 6.19. The quantitative estimate of drug-likeness (QED) is 0.755. The molecular weight excluding hydrogens is 292 g/mol. The molecule has 108 valence electrons. The maximum absolute atomic E-state index is 10.9. The second-order valence-electron chi connectivity index (χ2n) is 4.19. The highest BCUT2D eigenvalue weighted by molar-refractivity contribution is 7.80. The van der Waals surface area contributed by atoms with E-state index >= 15 is 0 Å². The molecule has 0 aliphatic rings. The number of rotatable bonds is 3. The highest BCUT2D eigenvalue weighted by Crippen LogP contribution is 2.24. The Morgan fingerprint density at radius 2 is 2.00 bits per heavy atom. The van der Waals surface area contributed by atoms with Gasteiger partial charge in [0.15, 0.2) is 5.11 Å². The van der Waals surface area contributed by atoms with Gasteiger partial charge in [0.05, 0.1) is 0 Å². The van der Waals surface area contributed by atoms with Crippen molar-refractivity contribution in [2.24, 2.45) is 0 Å². The number of carboxylic acid groups (broad SMARTS) is 1. The molecule has 1 aromatic heterocycles. The fourth-order valence-electron chi connectivity index (χ4n) is 1.68. The van der Waals surface area contributed by atoms with Gasteiger partial charge in [-0.05, 0) is 36.5 Å². The summed E-state index contributed by atoms with van der Waals surface area (Å²) in [6.07, 6.45) is 0. The number of anilines is 1. The van der Waals surface area contributed by atoms with E-state index in [1.807, 2.05) is 0 Å². The maximum atomic E-state index is 10.9. The first kappa shape index (κ1) is 14.7. The fourth-order valence-corrected chi connectivity index (χ4v) is 1.94. The molecule has 0 saturated heterocycles. The number of furan rings is 1. The van der Waals surface area contributed by atoms with Gasteiger partial charge in [0.1, 0.15) is 5.76 Å². The van der Waals surface area contributed by atoms with Crippen LogP contribution in [-0.4, -0.2) is 22.1 Å². The van der Waals surface area contributed by atoms with E-state index < -0.39 is 5.97 Å². The van der Waals surface area contributed by atoms with Crippen molar-refractivity contribution in [3.63, 3.8) is 0 Å². The molecule has 0 aliphatic carbocycles. The van der Waals surface area contributed by atoms with Gasteiger partial charge in [0, 0.05) is 18.2 Å². The van der Waals surface area contributed by atoms with Gasteiger partial charge in [-0.25, -0.2) is 4.79 Å². The van der Waals surface area contributed by atoms with Gasteiger partial charge >= 0.3 is 5.97 Å². The number of hydrogen-bond donors (Lipinski definition) is 3. The molecule has 6 nitrogen and oxygen atoms in total. The number of carbonyl (C=O) groups is 2. The van der Waals surface area contributed by atoms with Crippen LogP contribution in [0.2, 0.25) is 0 Å². The molecule has 1 amide bonds. The first-order valence-electron chi connectivity index (χ1n) is 5.98. The lowest BCUT2D eigenvalue weighted by atomic mass is 10.1. The molecule has 2 aromatic rings. The average Bonchev–Trinajstić information content (AvgIpc) is 2.87. The third-order valence-electron chi connectivity index (χ3n) is 2.51. The lowest BCUT2D eigenvalue weighted by Crippen LogP contribution is -2.32. The van der Waals surface area contributed by atoms with Crippen LogP contribution in [0.1, 0.15) is 17.5 Å². The van der Waals surface area contributed by atoms with Crippen molar-refractivity contribution in [3.8, 4) is 11.3 Å². The summed E-state index contributed by atoms with van der Waals surface area (Å²) in [7, 11) is 0. The van der Waals surface area contributed by atoms with Gasteiger partial charge in [-0.2, -0.15) is 0 Å². The zero-order chi connectivity index (χ0) is 15.4. The lowest BCUT2D eigenvalue weighted by Gasteiger charge is -2.08. The molecule has 0 saturated carbocycles. The summed E-state index contributed by atoms with van der Waals surface area (Å²) in [5, 5.41) is 14.3. The minimum atomic E-state index is -1.12. The predicted octanol–water partition coefficient (Wildman–Crippen LogP) is 2.48. The van der Waals surface area contributed by atoms with Crippen LogP contribution in [0, 0.1) is 0 Å². The molecule has 0 aliphatic heterocycles. The molecule has 0 atom stereocenters. The number of amides is 1. The largest absolute Gasteiger partial charge is 0.475 e. The van der Waals surface area contributed by atoms with Gasteiger partial charge in [-0.3, -0.25) is 4.79 Å². The van der Waals surface area contributed by atoms with Crippen LogP contribution in [0.25, 0.3) is 11.3 Å². The summed E-state index contributed by atoms with van der Waals surface area (Å²) < 4.78 is 5.23. The second-order valence-corrected chi connectivity index (χ2v) is 4.59. The Morgan fingerprint density at radius 1 is 1.24 bits per heavy atom. The van der Waals surface area contributed by atoms with E-state index in [0.717, 1.165) is 0 Å². The molecular formula is C14H12N2O4S. The molecule has 3 N–H and O–H groups in total. The predicted molar refractivity (Wildman–Crippen MR) is 81.1 cm³/mol. The van der Waals surface area contributed by atoms with E-state index in [1.165, 1.54) is 13.0 Å². The number of nitrogens with one attached hydrogen (secondary N) is 2. The molecule has 0 fully saturated rings. The first-order chi connectivity index (χ1) is 9.95. The summed E-state index contributed by atoms with van der Waals surface area (Å²) in [6, 6.07) is 10.00. The minimum absolute atomic E-state index is 0.128. The molecule has 2 rings (SSSR count). The van der Waals surface area contributed by atoms with Crippen LogP contribution in [0.3, 0.4) is 0 Å². The molecule has 21 heavy (non-hydrogen) atoms. The number of thiocarbonyl (C=S) groups is 1. The zero-order valence-corrected chi connectivity index (χ0v) is 11.9. The van der Waals surface area contributed by atoms with Gasteiger partial charge in [-0.15, -0.1) is 0 Å². The molecule has 0 bridgehead atoms. The fraction of sp³-hybridized carbons (Fsp3) is 0.0714. The van der Waals surface area contributed by atoms with Crippen molar-refractivity contribution in [3.05, 3.63) is 42.2 Å². The van der Waals surface area contributed by atoms with Gasteiger partial charge in [0.2, 0.25) is 11.7 Å². The summed E-state index contributed by atoms with van der Waals surface area (Å²) in [5.41, 5.74) is 1.35. The van der Waals surface area contributed by atoms with Crippen LogP contribution < -0.4 is 10.6 Å². The summed E-state index contributed by atoms with van der Waals surface area (Å²) in [4.78, 5) is 21.7. The molecule has 0 spiro atoms. The molecule has 1 aromatic carbocycles. The highest BCUT2D eigenvalue weighted by Gasteiger charge is 2.10. The minimum Gasteiger partial charge on any atom is -0.475 e. The summed E-state index contributed by atoms with van der Waals surface area (Å²) in [5.74, 6) is -1.08. The topological polar surface area (TPSA) is 91.6 Å². The van der Waals surface area contributed by atoms with Crippen molar-refractivity contribution < 1.29 is 19.1 Å². The SMILES string of the molecule is CC(=O)NC(=S)Nc1cccc(-c2ccc(C(=O)O)o2)c1. The van der Waals surface area contributed by atoms with E-state index in [1.54, 1.807) is 30.3 Å². The number of hydrogen-bond acceptors (Lipinski definition) is 4. The van der Waals surface area contributed by atoms with Crippen LogP contribution in [-0.2, 0) is 4.79 Å².